The highest BCUT2D eigenvalue weighted by Gasteiger charge is 2.31. The zero-order valence-corrected chi connectivity index (χ0v) is 10.2. The van der Waals surface area contributed by atoms with Gasteiger partial charge in [0.15, 0.2) is 11.6 Å². The second-order valence-corrected chi connectivity index (χ2v) is 4.59. The summed E-state index contributed by atoms with van der Waals surface area (Å²) < 4.78 is 25.6. The van der Waals surface area contributed by atoms with Crippen LogP contribution in [0.5, 0.6) is 0 Å². The van der Waals surface area contributed by atoms with Crippen LogP contribution in [0.15, 0.2) is 18.2 Å². The number of nitrogens with one attached hydrogen (secondary N) is 3. The van der Waals surface area contributed by atoms with Crippen molar-refractivity contribution >= 4 is 11.7 Å². The van der Waals surface area contributed by atoms with E-state index in [2.05, 4.69) is 16.0 Å². The fraction of sp³-hybridized carbons (Fsp3) is 0.417. The molecule has 1 saturated heterocycles. The number of amides is 2. The Morgan fingerprint density at radius 3 is 2.84 bits per heavy atom. The number of carbonyl (C=O) groups is 1. The Bertz CT molecular complexity index is 476. The molecule has 0 bridgehead atoms. The van der Waals surface area contributed by atoms with Gasteiger partial charge in [-0.1, -0.05) is 0 Å². The average Bonchev–Trinajstić information content (AvgIpc) is 2.79. The third-order valence-electron chi connectivity index (χ3n) is 2.98. The van der Waals surface area contributed by atoms with Gasteiger partial charge in [0.25, 0.3) is 0 Å². The van der Waals surface area contributed by atoms with Crippen LogP contribution in [0.4, 0.5) is 19.3 Å². The van der Waals surface area contributed by atoms with Gasteiger partial charge in [-0.05, 0) is 25.1 Å². The van der Waals surface area contributed by atoms with Gasteiger partial charge in [-0.25, -0.2) is 13.6 Å². The molecule has 1 fully saturated rings. The van der Waals surface area contributed by atoms with Gasteiger partial charge in [-0.3, -0.25) is 0 Å². The van der Waals surface area contributed by atoms with Crippen LogP contribution in [0.2, 0.25) is 0 Å². The molecule has 1 aromatic rings. The molecule has 0 radical (unpaired) electrons. The molecule has 0 aromatic heterocycles. The fourth-order valence-corrected chi connectivity index (χ4v) is 1.88. The minimum atomic E-state index is -1.03. The van der Waals surface area contributed by atoms with E-state index in [1.54, 1.807) is 0 Å². The maximum Gasteiger partial charge on any atom is 0.319 e. The molecule has 104 valence electrons. The van der Waals surface area contributed by atoms with E-state index in [4.69, 9.17) is 0 Å². The standard InChI is InChI=1S/C12H15F2N3O2/c13-9-2-1-8(5-10(9)14)17-11(18)16-7-12(19)3-4-15-6-12/h1-2,5,15,19H,3-4,6-7H2,(H2,16,17,18)/t12-/m1/s1. The van der Waals surface area contributed by atoms with E-state index in [1.807, 2.05) is 0 Å². The summed E-state index contributed by atoms with van der Waals surface area (Å²) in [4.78, 5) is 11.5. The van der Waals surface area contributed by atoms with Crippen molar-refractivity contribution in [3.8, 4) is 0 Å². The van der Waals surface area contributed by atoms with Crippen molar-refractivity contribution in [2.45, 2.75) is 12.0 Å². The van der Waals surface area contributed by atoms with Gasteiger partial charge in [0.2, 0.25) is 0 Å². The Balaban J connectivity index is 1.85. The number of β-amino-alcohol motifs (C(OH)–C–C–N with tert-alkyl or cyclic N) is 1. The third-order valence-corrected chi connectivity index (χ3v) is 2.98. The van der Waals surface area contributed by atoms with E-state index in [-0.39, 0.29) is 12.2 Å². The zero-order chi connectivity index (χ0) is 13.9. The highest BCUT2D eigenvalue weighted by molar-refractivity contribution is 5.89. The Hall–Kier alpha value is -1.73. The smallest absolute Gasteiger partial charge is 0.319 e. The molecule has 5 nitrogen and oxygen atoms in total. The van der Waals surface area contributed by atoms with Crippen molar-refractivity contribution in [3.63, 3.8) is 0 Å². The minimum Gasteiger partial charge on any atom is -0.387 e. The first-order chi connectivity index (χ1) is 8.98. The van der Waals surface area contributed by atoms with E-state index in [0.717, 1.165) is 12.1 Å². The number of carbonyl (C=O) groups excluding carboxylic acids is 1. The van der Waals surface area contributed by atoms with Crippen LogP contribution in [0.3, 0.4) is 0 Å². The minimum absolute atomic E-state index is 0.0928. The number of benzene rings is 1. The van der Waals surface area contributed by atoms with Gasteiger partial charge in [0.05, 0.1) is 5.60 Å². The van der Waals surface area contributed by atoms with Gasteiger partial charge in [0, 0.05) is 24.8 Å². The number of hydrogen-bond acceptors (Lipinski definition) is 3. The second kappa shape index (κ2) is 5.50. The Morgan fingerprint density at radius 2 is 2.21 bits per heavy atom. The first kappa shape index (κ1) is 13.7. The molecule has 1 aliphatic heterocycles. The molecule has 0 spiro atoms. The molecule has 0 unspecified atom stereocenters. The van der Waals surface area contributed by atoms with Crippen LogP contribution in [-0.4, -0.2) is 36.4 Å². The SMILES string of the molecule is O=C(NC[C@@]1(O)CCNC1)Nc1ccc(F)c(F)c1. The number of aliphatic hydroxyl groups is 1. The van der Waals surface area contributed by atoms with Crippen molar-refractivity contribution in [2.75, 3.05) is 25.0 Å². The lowest BCUT2D eigenvalue weighted by atomic mass is 10.0. The molecular formula is C12H15F2N3O2. The van der Waals surface area contributed by atoms with Crippen molar-refractivity contribution < 1.29 is 18.7 Å². The Labute approximate surface area is 109 Å². The van der Waals surface area contributed by atoms with Crippen LogP contribution < -0.4 is 16.0 Å². The van der Waals surface area contributed by atoms with Crippen LogP contribution in [-0.2, 0) is 0 Å². The van der Waals surface area contributed by atoms with E-state index < -0.39 is 23.3 Å². The summed E-state index contributed by atoms with van der Waals surface area (Å²) in [5.74, 6) is -2.01. The molecule has 4 N–H and O–H groups in total. The molecule has 1 aromatic carbocycles. The molecule has 1 aliphatic rings. The van der Waals surface area contributed by atoms with Crippen LogP contribution in [0.1, 0.15) is 6.42 Å². The summed E-state index contributed by atoms with van der Waals surface area (Å²) in [7, 11) is 0. The highest BCUT2D eigenvalue weighted by atomic mass is 19.2. The first-order valence-electron chi connectivity index (χ1n) is 5.92. The number of hydrogen-bond donors (Lipinski definition) is 4. The molecule has 1 heterocycles. The molecule has 2 rings (SSSR count). The van der Waals surface area contributed by atoms with E-state index in [9.17, 15) is 18.7 Å². The van der Waals surface area contributed by atoms with E-state index in [1.165, 1.54) is 6.07 Å². The van der Waals surface area contributed by atoms with Crippen molar-refractivity contribution in [2.24, 2.45) is 0 Å². The third kappa shape index (κ3) is 3.62. The molecule has 0 saturated carbocycles. The summed E-state index contributed by atoms with van der Waals surface area (Å²) in [6.45, 7) is 1.21. The van der Waals surface area contributed by atoms with Gasteiger partial charge < -0.3 is 21.1 Å². The molecule has 19 heavy (non-hydrogen) atoms. The lowest BCUT2D eigenvalue weighted by Gasteiger charge is -2.21. The first-order valence-corrected chi connectivity index (χ1v) is 5.92. The van der Waals surface area contributed by atoms with Gasteiger partial charge in [-0.2, -0.15) is 0 Å². The van der Waals surface area contributed by atoms with E-state index >= 15 is 0 Å². The normalized spacial score (nSPS) is 22.3. The zero-order valence-electron chi connectivity index (χ0n) is 10.2. The maximum atomic E-state index is 12.9. The topological polar surface area (TPSA) is 73.4 Å². The number of halogens is 2. The molecule has 7 heteroatoms. The second-order valence-electron chi connectivity index (χ2n) is 4.59. The van der Waals surface area contributed by atoms with Crippen LogP contribution >= 0.6 is 0 Å². The Kier molecular flexibility index (Phi) is 3.96. The average molecular weight is 271 g/mol. The van der Waals surface area contributed by atoms with Crippen LogP contribution in [0, 0.1) is 11.6 Å². The molecule has 2 amide bonds. The van der Waals surface area contributed by atoms with Crippen molar-refractivity contribution in [3.05, 3.63) is 29.8 Å². The molecule has 0 aliphatic carbocycles. The van der Waals surface area contributed by atoms with Crippen molar-refractivity contribution in [1.29, 1.82) is 0 Å². The number of anilines is 1. The number of rotatable bonds is 3. The predicted octanol–water partition coefficient (Wildman–Crippen LogP) is 0.811. The lowest BCUT2D eigenvalue weighted by molar-refractivity contribution is 0.0640. The maximum absolute atomic E-state index is 12.9. The highest BCUT2D eigenvalue weighted by Crippen LogP contribution is 2.14. The number of urea groups is 1. The molecule has 1 atom stereocenters. The largest absolute Gasteiger partial charge is 0.387 e. The van der Waals surface area contributed by atoms with Crippen LogP contribution in [0.25, 0.3) is 0 Å². The van der Waals surface area contributed by atoms with Gasteiger partial charge in [0.1, 0.15) is 0 Å². The fourth-order valence-electron chi connectivity index (χ4n) is 1.88. The molecular weight excluding hydrogens is 256 g/mol. The van der Waals surface area contributed by atoms with E-state index in [0.29, 0.717) is 19.5 Å². The predicted molar refractivity (Wildman–Crippen MR) is 65.8 cm³/mol. The quantitative estimate of drug-likeness (QED) is 0.657. The summed E-state index contributed by atoms with van der Waals surface area (Å²) in [5.41, 5.74) is -0.807. The van der Waals surface area contributed by atoms with Crippen molar-refractivity contribution in [1.82, 2.24) is 10.6 Å². The van der Waals surface area contributed by atoms with Gasteiger partial charge >= 0.3 is 6.03 Å². The van der Waals surface area contributed by atoms with Gasteiger partial charge in [-0.15, -0.1) is 0 Å². The monoisotopic (exact) mass is 271 g/mol. The lowest BCUT2D eigenvalue weighted by Crippen LogP contribution is -2.45. The summed E-state index contributed by atoms with van der Waals surface area (Å²) >= 11 is 0. The summed E-state index contributed by atoms with van der Waals surface area (Å²) in [6, 6.07) is 2.50. The summed E-state index contributed by atoms with van der Waals surface area (Å²) in [5, 5.41) is 17.8. The Morgan fingerprint density at radius 1 is 1.42 bits per heavy atom. The summed E-state index contributed by atoms with van der Waals surface area (Å²) in [6.07, 6.45) is 0.554.